The molecule has 1 aliphatic carbocycles. The van der Waals surface area contributed by atoms with Gasteiger partial charge in [0.15, 0.2) is 5.84 Å². The van der Waals surface area contributed by atoms with Crippen molar-refractivity contribution in [1.82, 2.24) is 24.9 Å². The molecule has 1 amide bonds. The Labute approximate surface area is 194 Å². The summed E-state index contributed by atoms with van der Waals surface area (Å²) in [5.74, 6) is -9.17. The lowest BCUT2D eigenvalue weighted by Crippen LogP contribution is -2.40. The predicted octanol–water partition coefficient (Wildman–Crippen LogP) is 3.10. The summed E-state index contributed by atoms with van der Waals surface area (Å²) in [5.41, 5.74) is -2.60. The second kappa shape index (κ2) is 8.56. The van der Waals surface area contributed by atoms with Crippen LogP contribution in [0.2, 0.25) is 0 Å². The molecular weight excluding hydrogens is 473 g/mol. The maximum Gasteiger partial charge on any atom is 0.334 e. The number of hydrogen-bond acceptors (Lipinski definition) is 5. The highest BCUT2D eigenvalue weighted by atomic mass is 19.3. The van der Waals surface area contributed by atoms with Crippen LogP contribution in [0.25, 0.3) is 16.5 Å². The maximum atomic E-state index is 15.3. The molecule has 3 aromatic rings. The molecule has 3 N–H and O–H groups in total. The van der Waals surface area contributed by atoms with Gasteiger partial charge in [0.1, 0.15) is 23.3 Å². The van der Waals surface area contributed by atoms with E-state index in [4.69, 9.17) is 10.8 Å². The van der Waals surface area contributed by atoms with Gasteiger partial charge in [-0.1, -0.05) is 0 Å². The molecule has 2 aromatic heterocycles. The predicted molar refractivity (Wildman–Crippen MR) is 115 cm³/mol. The summed E-state index contributed by atoms with van der Waals surface area (Å²) in [6.45, 7) is 0. The van der Waals surface area contributed by atoms with E-state index in [-0.39, 0.29) is 26.9 Å². The van der Waals surface area contributed by atoms with Crippen molar-refractivity contribution in [3.8, 4) is 0 Å². The van der Waals surface area contributed by atoms with Crippen molar-refractivity contribution in [2.45, 2.75) is 18.5 Å². The Morgan fingerprint density at radius 1 is 1.23 bits per heavy atom. The van der Waals surface area contributed by atoms with E-state index in [1.807, 2.05) is 0 Å². The fourth-order valence-corrected chi connectivity index (χ4v) is 3.73. The molecule has 13 heteroatoms. The van der Waals surface area contributed by atoms with E-state index < -0.39 is 58.5 Å². The highest BCUT2D eigenvalue weighted by molar-refractivity contribution is 5.97. The molecule has 0 saturated carbocycles. The van der Waals surface area contributed by atoms with Gasteiger partial charge in [0.05, 0.1) is 22.3 Å². The van der Waals surface area contributed by atoms with Crippen LogP contribution in [-0.4, -0.2) is 44.5 Å². The first-order chi connectivity index (χ1) is 16.4. The molecule has 0 spiro atoms. The van der Waals surface area contributed by atoms with Gasteiger partial charge in [0.2, 0.25) is 0 Å². The fraction of sp³-hybridized carbons (Fsp3) is 0.227. The van der Waals surface area contributed by atoms with E-state index in [1.54, 1.807) is 0 Å². The van der Waals surface area contributed by atoms with Crippen LogP contribution in [0.4, 0.5) is 22.0 Å². The minimum atomic E-state index is -4.22. The average Bonchev–Trinajstić information content (AvgIpc) is 3.16. The fourth-order valence-electron chi connectivity index (χ4n) is 3.73. The van der Waals surface area contributed by atoms with Crippen molar-refractivity contribution in [2.75, 3.05) is 7.05 Å². The number of carbonyl (C=O) groups is 1. The molecule has 1 aliphatic rings. The summed E-state index contributed by atoms with van der Waals surface area (Å²) in [4.78, 5) is 11.7. The van der Waals surface area contributed by atoms with Crippen LogP contribution in [0.15, 0.2) is 47.9 Å². The molecule has 0 saturated heterocycles. The van der Waals surface area contributed by atoms with Crippen LogP contribution < -0.4 is 10.8 Å². The Balaban J connectivity index is 1.76. The van der Waals surface area contributed by atoms with E-state index in [2.05, 4.69) is 15.5 Å². The zero-order chi connectivity index (χ0) is 25.7. The minimum Gasteiger partial charge on any atom is -0.355 e. The first kappa shape index (κ1) is 24.0. The maximum absolute atomic E-state index is 15.3. The molecule has 4 rings (SSSR count). The first-order valence-corrected chi connectivity index (χ1v) is 10.2. The van der Waals surface area contributed by atoms with Crippen molar-refractivity contribution in [1.29, 1.82) is 10.8 Å². The van der Waals surface area contributed by atoms with Crippen LogP contribution in [0.5, 0.6) is 0 Å². The number of benzene rings is 1. The average molecular weight is 491 g/mol. The largest absolute Gasteiger partial charge is 0.355 e. The van der Waals surface area contributed by atoms with Crippen LogP contribution in [0.1, 0.15) is 17.7 Å². The van der Waals surface area contributed by atoms with Gasteiger partial charge in [-0.2, -0.15) is 23.7 Å². The molecular formula is C22H18F5N7O. The molecule has 0 radical (unpaired) electrons. The third-order valence-electron chi connectivity index (χ3n) is 5.46. The van der Waals surface area contributed by atoms with Crippen molar-refractivity contribution >= 4 is 28.2 Å². The van der Waals surface area contributed by atoms with Crippen LogP contribution >= 0.6 is 0 Å². The number of likely N-dealkylation sites (N-methyl/N-ethyl adjacent to an activating group) is 1. The monoisotopic (exact) mass is 491 g/mol. The van der Waals surface area contributed by atoms with Gasteiger partial charge in [-0.05, 0) is 29.8 Å². The highest BCUT2D eigenvalue weighted by Gasteiger charge is 2.42. The standard InChI is InChI=1S/C22H18F5N7O/c1-30-20(35)19-14(24)6-10(7-15(19)25)16-3-4-18(28)34(32-16)21(29)22(26,27)12-5-11-9-33(2)31-17(11)8-13(12)23/h3-6,8-9,15,28-29H,7H2,1-2H3,(H,30,35). The second-order valence-corrected chi connectivity index (χ2v) is 7.81. The van der Waals surface area contributed by atoms with Gasteiger partial charge in [0, 0.05) is 38.2 Å². The topological polar surface area (TPSA) is 112 Å². The van der Waals surface area contributed by atoms with Crippen molar-refractivity contribution < 1.29 is 26.7 Å². The van der Waals surface area contributed by atoms with Gasteiger partial charge in [-0.15, -0.1) is 0 Å². The van der Waals surface area contributed by atoms with E-state index >= 15 is 8.78 Å². The number of hydrogen-bond donors (Lipinski definition) is 3. The van der Waals surface area contributed by atoms with Crippen LogP contribution in [0, 0.1) is 16.6 Å². The number of aromatic nitrogens is 4. The number of halogens is 5. The van der Waals surface area contributed by atoms with Crippen molar-refractivity contribution in [3.05, 3.63) is 70.5 Å². The molecule has 0 fully saturated rings. The molecule has 1 aromatic carbocycles. The van der Waals surface area contributed by atoms with Crippen LogP contribution in [-0.2, 0) is 17.8 Å². The highest BCUT2D eigenvalue weighted by Crippen LogP contribution is 2.35. The normalized spacial score (nSPS) is 16.4. The summed E-state index contributed by atoms with van der Waals surface area (Å²) < 4.78 is 75.6. The molecule has 2 heterocycles. The zero-order valence-electron chi connectivity index (χ0n) is 18.3. The molecule has 8 nitrogen and oxygen atoms in total. The van der Waals surface area contributed by atoms with E-state index in [0.717, 1.165) is 24.3 Å². The van der Waals surface area contributed by atoms with Crippen molar-refractivity contribution in [2.24, 2.45) is 7.05 Å². The van der Waals surface area contributed by atoms with Crippen LogP contribution in [0.3, 0.4) is 0 Å². The first-order valence-electron chi connectivity index (χ1n) is 10.2. The Morgan fingerprint density at radius 3 is 2.60 bits per heavy atom. The lowest BCUT2D eigenvalue weighted by Gasteiger charge is -2.21. The lowest BCUT2D eigenvalue weighted by molar-refractivity contribution is -0.117. The number of alkyl halides is 3. The quantitative estimate of drug-likeness (QED) is 0.296. The Morgan fingerprint density at radius 2 is 1.94 bits per heavy atom. The lowest BCUT2D eigenvalue weighted by atomic mass is 9.93. The van der Waals surface area contributed by atoms with Crippen molar-refractivity contribution in [3.63, 3.8) is 0 Å². The molecule has 35 heavy (non-hydrogen) atoms. The number of aryl methyl sites for hydroxylation is 1. The van der Waals surface area contributed by atoms with E-state index in [1.165, 1.54) is 31.0 Å². The number of rotatable bonds is 4. The minimum absolute atomic E-state index is 0.0736. The molecule has 182 valence electrons. The zero-order valence-corrected chi connectivity index (χ0v) is 18.3. The number of nitrogens with one attached hydrogen (secondary N) is 3. The number of carbonyl (C=O) groups excluding carboxylic acids is 1. The molecule has 1 unspecified atom stereocenters. The Hall–Kier alpha value is -4.16. The summed E-state index contributed by atoms with van der Waals surface area (Å²) in [6, 6.07) is 3.86. The van der Waals surface area contributed by atoms with Gasteiger partial charge >= 0.3 is 5.92 Å². The van der Waals surface area contributed by atoms with Gasteiger partial charge in [-0.3, -0.25) is 20.3 Å². The van der Waals surface area contributed by atoms with Gasteiger partial charge in [-0.25, -0.2) is 13.2 Å². The Kier molecular flexibility index (Phi) is 5.87. The molecule has 0 aliphatic heterocycles. The summed E-state index contributed by atoms with van der Waals surface area (Å²) in [5, 5.41) is 26.1. The summed E-state index contributed by atoms with van der Waals surface area (Å²) in [7, 11) is 2.75. The Bertz CT molecular complexity index is 1500. The number of fused-ring (bicyclic) bond motifs is 1. The smallest absolute Gasteiger partial charge is 0.334 e. The molecule has 1 atom stereocenters. The number of nitrogens with zero attached hydrogens (tertiary/aromatic N) is 4. The van der Waals surface area contributed by atoms with E-state index in [0.29, 0.717) is 0 Å². The number of allylic oxidation sites excluding steroid dienone is 3. The number of amides is 1. The summed E-state index contributed by atoms with van der Waals surface area (Å²) in [6.07, 6.45) is -0.273. The SMILES string of the molecule is CNC(=O)C1=C(F)C=C(c2ccc(=N)n(C(=N)C(F)(F)c3cc4cn(C)nc4cc3F)n2)CC1F. The summed E-state index contributed by atoms with van der Waals surface area (Å²) >= 11 is 0. The van der Waals surface area contributed by atoms with Gasteiger partial charge < -0.3 is 5.32 Å². The third-order valence-corrected chi connectivity index (χ3v) is 5.46. The van der Waals surface area contributed by atoms with Gasteiger partial charge in [0.25, 0.3) is 5.91 Å². The van der Waals surface area contributed by atoms with E-state index in [9.17, 15) is 18.0 Å². The third kappa shape index (κ3) is 4.13. The molecule has 0 bridgehead atoms. The second-order valence-electron chi connectivity index (χ2n) is 7.81.